The number of aromatic nitrogens is 2. The summed E-state index contributed by atoms with van der Waals surface area (Å²) >= 11 is 1.78. The highest BCUT2D eigenvalue weighted by Gasteiger charge is 2.28. The van der Waals surface area contributed by atoms with Gasteiger partial charge in [0.25, 0.3) is 0 Å². The Morgan fingerprint density at radius 1 is 1.29 bits per heavy atom. The van der Waals surface area contributed by atoms with Gasteiger partial charge in [-0.2, -0.15) is 4.98 Å². The summed E-state index contributed by atoms with van der Waals surface area (Å²) in [5, 5.41) is 7.51. The van der Waals surface area contributed by atoms with E-state index in [0.29, 0.717) is 11.7 Å². The number of ether oxygens (including phenoxy) is 1. The zero-order valence-electron chi connectivity index (χ0n) is 11.6. The molecule has 1 unspecified atom stereocenters. The third-order valence-corrected chi connectivity index (χ3v) is 5.02. The molecule has 4 rings (SSSR count). The Bertz CT molecular complexity index is 625. The molecule has 2 aromatic rings. The lowest BCUT2D eigenvalue weighted by molar-refractivity contribution is 0.204. The van der Waals surface area contributed by atoms with Crippen LogP contribution in [0.5, 0.6) is 5.75 Å². The average Bonchev–Trinajstić information content (AvgIpc) is 3.05. The van der Waals surface area contributed by atoms with Gasteiger partial charge in [-0.25, -0.2) is 0 Å². The average molecular weight is 303 g/mol. The summed E-state index contributed by atoms with van der Waals surface area (Å²) in [5.41, 5.74) is 0. The lowest BCUT2D eigenvalue weighted by Crippen LogP contribution is -2.28. The fraction of sp³-hybridized carbons (Fsp3) is 0.467. The Labute approximate surface area is 127 Å². The molecular formula is C15H17N3O2S. The maximum Gasteiger partial charge on any atom is 0.231 e. The van der Waals surface area contributed by atoms with E-state index in [1.165, 1.54) is 4.90 Å². The molecule has 0 aliphatic carbocycles. The van der Waals surface area contributed by atoms with Gasteiger partial charge in [0.05, 0.1) is 5.92 Å². The predicted octanol–water partition coefficient (Wildman–Crippen LogP) is 2.76. The molecule has 2 atom stereocenters. The van der Waals surface area contributed by atoms with Gasteiger partial charge in [0.1, 0.15) is 5.75 Å². The van der Waals surface area contributed by atoms with Crippen molar-refractivity contribution in [2.24, 2.45) is 0 Å². The Morgan fingerprint density at radius 2 is 2.24 bits per heavy atom. The van der Waals surface area contributed by atoms with Crippen LogP contribution < -0.4 is 10.1 Å². The summed E-state index contributed by atoms with van der Waals surface area (Å²) in [5.74, 6) is 3.47. The third-order valence-electron chi connectivity index (χ3n) is 3.90. The van der Waals surface area contributed by atoms with Crippen molar-refractivity contribution in [1.82, 2.24) is 15.5 Å². The van der Waals surface area contributed by atoms with Crippen molar-refractivity contribution >= 4 is 11.8 Å². The van der Waals surface area contributed by atoms with E-state index in [1.807, 2.05) is 18.2 Å². The summed E-state index contributed by atoms with van der Waals surface area (Å²) in [6, 6.07) is 8.07. The molecule has 3 heterocycles. The zero-order chi connectivity index (χ0) is 14.1. The molecule has 1 aromatic carbocycles. The number of fused-ring (bicyclic) bond motifs is 1. The van der Waals surface area contributed by atoms with Gasteiger partial charge >= 0.3 is 0 Å². The monoisotopic (exact) mass is 303 g/mol. The van der Waals surface area contributed by atoms with Crippen LogP contribution in [0.4, 0.5) is 0 Å². The quantitative estimate of drug-likeness (QED) is 0.920. The van der Waals surface area contributed by atoms with Crippen LogP contribution in [0.2, 0.25) is 0 Å². The Hall–Kier alpha value is -1.53. The number of rotatable bonds is 2. The highest BCUT2D eigenvalue weighted by molar-refractivity contribution is 7.99. The SMILES string of the molecule is c1ccc2c(c1)OC(c1noc([C@H]3CCCNC3)n1)CS2. The Balaban J connectivity index is 1.51. The number of hydrogen-bond donors (Lipinski definition) is 1. The van der Waals surface area contributed by atoms with Crippen LogP contribution in [0.1, 0.15) is 36.6 Å². The van der Waals surface area contributed by atoms with E-state index in [-0.39, 0.29) is 6.10 Å². The molecule has 2 aliphatic rings. The van der Waals surface area contributed by atoms with Crippen molar-refractivity contribution in [2.45, 2.75) is 29.8 Å². The van der Waals surface area contributed by atoms with E-state index in [2.05, 4.69) is 21.5 Å². The number of benzene rings is 1. The summed E-state index contributed by atoms with van der Waals surface area (Å²) in [7, 11) is 0. The molecule has 0 amide bonds. The molecule has 1 aromatic heterocycles. The third kappa shape index (κ3) is 2.65. The minimum Gasteiger partial charge on any atom is -0.480 e. The zero-order valence-corrected chi connectivity index (χ0v) is 12.4. The number of thioether (sulfide) groups is 1. The van der Waals surface area contributed by atoms with Crippen LogP contribution in [0.25, 0.3) is 0 Å². The minimum absolute atomic E-state index is 0.126. The number of piperidine rings is 1. The van der Waals surface area contributed by atoms with Gasteiger partial charge in [-0.1, -0.05) is 17.3 Å². The van der Waals surface area contributed by atoms with Gasteiger partial charge in [0.15, 0.2) is 6.10 Å². The first kappa shape index (κ1) is 13.2. The standard InChI is InChI=1S/C15H17N3O2S/c1-2-6-13-11(5-1)19-12(9-21-13)14-17-15(20-18-14)10-4-3-7-16-8-10/h1-2,5-6,10,12,16H,3-4,7-9H2/t10-,12?/m0/s1. The van der Waals surface area contributed by atoms with Crippen molar-refractivity contribution in [3.63, 3.8) is 0 Å². The summed E-state index contributed by atoms with van der Waals surface area (Å²) in [4.78, 5) is 5.75. The molecule has 5 nitrogen and oxygen atoms in total. The van der Waals surface area contributed by atoms with Crippen molar-refractivity contribution < 1.29 is 9.26 Å². The van der Waals surface area contributed by atoms with E-state index < -0.39 is 0 Å². The highest BCUT2D eigenvalue weighted by Crippen LogP contribution is 2.39. The first-order valence-corrected chi connectivity index (χ1v) is 8.31. The molecule has 21 heavy (non-hydrogen) atoms. The first-order valence-electron chi connectivity index (χ1n) is 7.33. The van der Waals surface area contributed by atoms with Gasteiger partial charge in [-0.3, -0.25) is 0 Å². The van der Waals surface area contributed by atoms with Crippen molar-refractivity contribution in [3.8, 4) is 5.75 Å². The first-order chi connectivity index (χ1) is 10.4. The number of para-hydroxylation sites is 1. The van der Waals surface area contributed by atoms with Crippen LogP contribution >= 0.6 is 11.8 Å². The van der Waals surface area contributed by atoms with Crippen LogP contribution in [-0.2, 0) is 0 Å². The molecule has 0 saturated carbocycles. The van der Waals surface area contributed by atoms with Crippen molar-refractivity contribution in [1.29, 1.82) is 0 Å². The molecule has 1 saturated heterocycles. The van der Waals surface area contributed by atoms with Gasteiger partial charge in [0.2, 0.25) is 11.7 Å². The van der Waals surface area contributed by atoms with Crippen LogP contribution in [0, 0.1) is 0 Å². The second-order valence-electron chi connectivity index (χ2n) is 5.40. The lowest BCUT2D eigenvalue weighted by atomic mass is 10.00. The molecule has 0 radical (unpaired) electrons. The van der Waals surface area contributed by atoms with E-state index in [4.69, 9.17) is 9.26 Å². The van der Waals surface area contributed by atoms with Gasteiger partial charge in [0, 0.05) is 17.2 Å². The fourth-order valence-corrected chi connectivity index (χ4v) is 3.73. The second kappa shape index (κ2) is 5.69. The van der Waals surface area contributed by atoms with Crippen molar-refractivity contribution in [2.75, 3.05) is 18.8 Å². The Morgan fingerprint density at radius 3 is 3.14 bits per heavy atom. The van der Waals surface area contributed by atoms with Crippen LogP contribution in [-0.4, -0.2) is 29.0 Å². The van der Waals surface area contributed by atoms with E-state index in [0.717, 1.165) is 43.3 Å². The molecular weight excluding hydrogens is 286 g/mol. The minimum atomic E-state index is -0.126. The molecule has 1 fully saturated rings. The predicted molar refractivity (Wildman–Crippen MR) is 79.7 cm³/mol. The second-order valence-corrected chi connectivity index (χ2v) is 6.46. The number of nitrogens with one attached hydrogen (secondary N) is 1. The molecule has 0 bridgehead atoms. The number of nitrogens with zero attached hydrogens (tertiary/aromatic N) is 2. The molecule has 6 heteroatoms. The van der Waals surface area contributed by atoms with E-state index in [9.17, 15) is 0 Å². The highest BCUT2D eigenvalue weighted by atomic mass is 32.2. The van der Waals surface area contributed by atoms with Crippen molar-refractivity contribution in [3.05, 3.63) is 36.0 Å². The van der Waals surface area contributed by atoms with Gasteiger partial charge < -0.3 is 14.6 Å². The molecule has 2 aliphatic heterocycles. The normalized spacial score (nSPS) is 25.1. The molecule has 110 valence electrons. The van der Waals surface area contributed by atoms with Gasteiger partial charge in [-0.05, 0) is 31.5 Å². The summed E-state index contributed by atoms with van der Waals surface area (Å²) < 4.78 is 11.5. The topological polar surface area (TPSA) is 60.2 Å². The smallest absolute Gasteiger partial charge is 0.231 e. The number of hydrogen-bond acceptors (Lipinski definition) is 6. The molecule has 0 spiro atoms. The largest absolute Gasteiger partial charge is 0.480 e. The lowest BCUT2D eigenvalue weighted by Gasteiger charge is -2.23. The summed E-state index contributed by atoms with van der Waals surface area (Å²) in [6.45, 7) is 2.00. The van der Waals surface area contributed by atoms with Crippen LogP contribution in [0.15, 0.2) is 33.7 Å². The maximum atomic E-state index is 6.00. The van der Waals surface area contributed by atoms with E-state index >= 15 is 0 Å². The van der Waals surface area contributed by atoms with Crippen LogP contribution in [0.3, 0.4) is 0 Å². The molecule has 1 N–H and O–H groups in total. The fourth-order valence-electron chi connectivity index (χ4n) is 2.75. The van der Waals surface area contributed by atoms with E-state index in [1.54, 1.807) is 11.8 Å². The maximum absolute atomic E-state index is 6.00. The van der Waals surface area contributed by atoms with Gasteiger partial charge in [-0.15, -0.1) is 11.8 Å². The Kier molecular flexibility index (Phi) is 3.57. The summed E-state index contributed by atoms with van der Waals surface area (Å²) in [6.07, 6.45) is 2.14.